The average Bonchev–Trinajstić information content (AvgIpc) is 3.60. The van der Waals surface area contributed by atoms with E-state index in [9.17, 15) is 38.7 Å². The fourth-order valence-corrected chi connectivity index (χ4v) is 8.02. The van der Waals surface area contributed by atoms with Crippen molar-refractivity contribution in [3.05, 3.63) is 46.6 Å². The maximum absolute atomic E-state index is 13.8. The van der Waals surface area contributed by atoms with Gasteiger partial charge in [0.2, 0.25) is 5.91 Å². The predicted molar refractivity (Wildman–Crippen MR) is 170 cm³/mol. The van der Waals surface area contributed by atoms with Gasteiger partial charge in [-0.3, -0.25) is 29.0 Å². The van der Waals surface area contributed by atoms with Crippen LogP contribution in [-0.2, 0) is 28.7 Å². The SMILES string of the molecule is CCOC(=O)Oc1ccc([C@@H](NC(=O)N2CCN(CC)C(=O)C2=O)C(=O)NC2C(=O)N3C(C(=O)O)=C(CSc4nncs4)CS[C@H]23)cc1. The Morgan fingerprint density at radius 3 is 2.50 bits per heavy atom. The number of hydrogen-bond acceptors (Lipinski definition) is 14. The molecule has 20 heteroatoms. The lowest BCUT2D eigenvalue weighted by atomic mass is 10.0. The molecule has 1 aromatic heterocycles. The minimum absolute atomic E-state index is 0.0793. The van der Waals surface area contributed by atoms with Gasteiger partial charge >= 0.3 is 30.0 Å². The molecule has 3 N–H and O–H groups in total. The summed E-state index contributed by atoms with van der Waals surface area (Å²) in [5.74, 6) is -4.08. The third kappa shape index (κ3) is 7.24. The number of aliphatic carboxylic acids is 1. The third-order valence-electron chi connectivity index (χ3n) is 7.40. The lowest BCUT2D eigenvalue weighted by Crippen LogP contribution is -2.71. The summed E-state index contributed by atoms with van der Waals surface area (Å²) in [5.41, 5.74) is 2.09. The van der Waals surface area contributed by atoms with Crippen LogP contribution in [0.3, 0.4) is 0 Å². The van der Waals surface area contributed by atoms with E-state index in [1.165, 1.54) is 64.0 Å². The van der Waals surface area contributed by atoms with E-state index in [0.717, 1.165) is 4.90 Å². The van der Waals surface area contributed by atoms with Crippen LogP contribution in [0.15, 0.2) is 45.4 Å². The first-order chi connectivity index (χ1) is 23.0. The summed E-state index contributed by atoms with van der Waals surface area (Å²) in [6.07, 6.45) is -0.947. The number of ether oxygens (including phenoxy) is 2. The number of nitrogens with one attached hydrogen (secondary N) is 2. The summed E-state index contributed by atoms with van der Waals surface area (Å²) < 4.78 is 10.5. The number of carbonyl (C=O) groups excluding carboxylic acids is 6. The number of thioether (sulfide) groups is 2. The molecule has 0 spiro atoms. The summed E-state index contributed by atoms with van der Waals surface area (Å²) in [6, 6.07) is 1.86. The summed E-state index contributed by atoms with van der Waals surface area (Å²) in [4.78, 5) is 92.6. The highest BCUT2D eigenvalue weighted by molar-refractivity contribution is 8.01. The van der Waals surface area contributed by atoms with Crippen molar-refractivity contribution in [1.82, 2.24) is 35.5 Å². The zero-order chi connectivity index (χ0) is 34.5. The van der Waals surface area contributed by atoms with E-state index in [-0.39, 0.29) is 54.8 Å². The summed E-state index contributed by atoms with van der Waals surface area (Å²) in [5, 5.41) is 22.0. The van der Waals surface area contributed by atoms with Gasteiger partial charge in [0.25, 0.3) is 5.91 Å². The van der Waals surface area contributed by atoms with E-state index in [1.54, 1.807) is 19.4 Å². The number of likely N-dealkylation sites (N-methyl/N-ethyl adjacent to an activating group) is 1. The molecule has 3 aliphatic heterocycles. The second-order valence-corrected chi connectivity index (χ2v) is 13.4. The molecule has 17 nitrogen and oxygen atoms in total. The van der Waals surface area contributed by atoms with Crippen LogP contribution in [0.1, 0.15) is 25.5 Å². The fraction of sp³-hybridized carbons (Fsp3) is 0.393. The van der Waals surface area contributed by atoms with Crippen LogP contribution >= 0.6 is 34.9 Å². The van der Waals surface area contributed by atoms with Crippen molar-refractivity contribution >= 4 is 76.6 Å². The van der Waals surface area contributed by atoms with Crippen molar-refractivity contribution in [2.45, 2.75) is 35.6 Å². The van der Waals surface area contributed by atoms with Crippen LogP contribution in [0, 0.1) is 0 Å². The normalized spacial score (nSPS) is 19.7. The van der Waals surface area contributed by atoms with Gasteiger partial charge in [-0.2, -0.15) is 0 Å². The molecule has 1 unspecified atom stereocenters. The Hall–Kier alpha value is -4.69. The largest absolute Gasteiger partial charge is 0.513 e. The van der Waals surface area contributed by atoms with Crippen molar-refractivity contribution in [3.63, 3.8) is 0 Å². The quantitative estimate of drug-likeness (QED) is 0.0973. The zero-order valence-electron chi connectivity index (χ0n) is 25.4. The highest BCUT2D eigenvalue weighted by Crippen LogP contribution is 2.42. The second kappa shape index (κ2) is 15.0. The van der Waals surface area contributed by atoms with Gasteiger partial charge in [-0.15, -0.1) is 22.0 Å². The van der Waals surface area contributed by atoms with E-state index in [2.05, 4.69) is 20.8 Å². The molecule has 2 saturated heterocycles. The first-order valence-electron chi connectivity index (χ1n) is 14.5. The Morgan fingerprint density at radius 2 is 1.85 bits per heavy atom. The number of aromatic nitrogens is 2. The van der Waals surface area contributed by atoms with Gasteiger partial charge in [-0.25, -0.2) is 14.4 Å². The molecule has 6 amide bonds. The number of rotatable bonds is 11. The van der Waals surface area contributed by atoms with Crippen molar-refractivity contribution in [3.8, 4) is 5.75 Å². The Balaban J connectivity index is 1.34. The monoisotopic (exact) mass is 719 g/mol. The Labute approximate surface area is 285 Å². The number of nitrogens with zero attached hydrogens (tertiary/aromatic N) is 5. The van der Waals surface area contributed by atoms with Gasteiger partial charge < -0.3 is 30.1 Å². The molecule has 2 fully saturated rings. The molecule has 254 valence electrons. The Morgan fingerprint density at radius 1 is 1.10 bits per heavy atom. The van der Waals surface area contributed by atoms with Gasteiger partial charge in [0.15, 0.2) is 4.34 Å². The number of hydrogen-bond donors (Lipinski definition) is 3. The molecule has 2 aromatic rings. The van der Waals surface area contributed by atoms with Crippen molar-refractivity contribution in [2.24, 2.45) is 0 Å². The minimum atomic E-state index is -1.48. The number of carbonyl (C=O) groups is 7. The molecule has 5 rings (SSSR count). The molecular weight excluding hydrogens is 691 g/mol. The van der Waals surface area contributed by atoms with Crippen LogP contribution in [0.2, 0.25) is 0 Å². The van der Waals surface area contributed by atoms with Crippen molar-refractivity contribution in [1.29, 1.82) is 0 Å². The molecular formula is C28H29N7O10S3. The summed E-state index contributed by atoms with van der Waals surface area (Å²) in [6.45, 7) is 3.66. The van der Waals surface area contributed by atoms with Crippen molar-refractivity contribution in [2.75, 3.05) is 37.7 Å². The highest BCUT2D eigenvalue weighted by Gasteiger charge is 2.54. The minimum Gasteiger partial charge on any atom is -0.477 e. The number of fused-ring (bicyclic) bond motifs is 1. The number of urea groups is 1. The van der Waals surface area contributed by atoms with Crippen LogP contribution in [0.25, 0.3) is 0 Å². The Kier molecular flexibility index (Phi) is 10.8. The summed E-state index contributed by atoms with van der Waals surface area (Å²) in [7, 11) is 0. The zero-order valence-corrected chi connectivity index (χ0v) is 27.9. The molecule has 0 saturated carbocycles. The number of amides is 6. The van der Waals surface area contributed by atoms with Gasteiger partial charge in [-0.05, 0) is 37.1 Å². The fourth-order valence-electron chi connectivity index (χ4n) is 5.05. The van der Waals surface area contributed by atoms with E-state index < -0.39 is 59.2 Å². The Bertz CT molecular complexity index is 1650. The van der Waals surface area contributed by atoms with E-state index in [1.807, 2.05) is 0 Å². The average molecular weight is 720 g/mol. The number of imide groups is 1. The van der Waals surface area contributed by atoms with Gasteiger partial charge in [0.05, 0.1) is 6.61 Å². The van der Waals surface area contributed by atoms with Gasteiger partial charge in [0.1, 0.15) is 34.4 Å². The smallest absolute Gasteiger partial charge is 0.477 e. The number of β-lactam (4-membered cyclic amide) rings is 1. The number of benzene rings is 1. The molecule has 0 radical (unpaired) electrons. The topological polar surface area (TPSA) is 218 Å². The van der Waals surface area contributed by atoms with Crippen LogP contribution in [-0.4, -0.2) is 121 Å². The lowest BCUT2D eigenvalue weighted by molar-refractivity contribution is -0.153. The predicted octanol–water partition coefficient (Wildman–Crippen LogP) is 1.05. The maximum atomic E-state index is 13.8. The second-order valence-electron chi connectivity index (χ2n) is 10.2. The lowest BCUT2D eigenvalue weighted by Gasteiger charge is -2.49. The highest BCUT2D eigenvalue weighted by atomic mass is 32.2. The maximum Gasteiger partial charge on any atom is 0.513 e. The third-order valence-corrected chi connectivity index (χ3v) is 10.7. The van der Waals surface area contributed by atoms with E-state index in [0.29, 0.717) is 14.8 Å². The van der Waals surface area contributed by atoms with E-state index in [4.69, 9.17) is 9.47 Å². The number of carboxylic acids is 1. The van der Waals surface area contributed by atoms with Crippen LogP contribution < -0.4 is 15.4 Å². The molecule has 3 atom stereocenters. The number of carboxylic acid groups (broad SMARTS) is 1. The molecule has 0 aliphatic carbocycles. The molecule has 4 heterocycles. The van der Waals surface area contributed by atoms with Gasteiger partial charge in [0, 0.05) is 31.1 Å². The standard InChI is InChI=1S/C28H29N7O10S3/c1-3-33-9-10-34(23(39)22(33)38)26(42)31-17(14-5-7-16(8-6-14)45-28(43)44-4-2)20(36)30-18-21(37)35-19(25(40)41)15(11-46-24(18)35)12-47-27-32-29-13-48-27/h5-8,13,17-18,24H,3-4,9-12H2,1-2H3,(H,30,36)(H,31,42)(H,40,41)/t17-,18?,24-/m1/s1. The summed E-state index contributed by atoms with van der Waals surface area (Å²) >= 11 is 3.87. The first-order valence-corrected chi connectivity index (χ1v) is 17.4. The van der Waals surface area contributed by atoms with Crippen LogP contribution in [0.4, 0.5) is 9.59 Å². The van der Waals surface area contributed by atoms with Crippen LogP contribution in [0.5, 0.6) is 5.75 Å². The van der Waals surface area contributed by atoms with Gasteiger partial charge in [-0.1, -0.05) is 35.2 Å². The molecule has 0 bridgehead atoms. The first kappa shape index (κ1) is 34.6. The number of piperazine rings is 1. The molecule has 48 heavy (non-hydrogen) atoms. The van der Waals surface area contributed by atoms with E-state index >= 15 is 0 Å². The molecule has 3 aliphatic rings. The molecule has 1 aromatic carbocycles. The van der Waals surface area contributed by atoms with Crippen molar-refractivity contribution < 1.29 is 48.1 Å².